The lowest BCUT2D eigenvalue weighted by molar-refractivity contribution is 0.0702. The Morgan fingerprint density at radius 3 is 2.41 bits per heavy atom. The van der Waals surface area contributed by atoms with E-state index in [9.17, 15) is 20.4 Å². The van der Waals surface area contributed by atoms with Crippen molar-refractivity contribution < 1.29 is 44.1 Å². The van der Waals surface area contributed by atoms with Crippen molar-refractivity contribution in [2.45, 2.75) is 75.5 Å². The standard InChI is InChI=1S/C46H57N3O9/c1-4-48-26-58-36-22-34(55-18-17-47-2)30-13-14-31-39-33(49-45(53)42(36)41(30)39)21-35-40(31)43(51)32(25-57-35)27-19-37(54-3)44(52)38(20-27)56-24-29(23-50)46(15-9-6-10-16-46)28-11-7-5-8-12-28/h5,7-8,11-12,19-22,29,32,43,45,47-53H,4,6,9-10,13-18,23-26H2,1-3H3/t29-,32-,43-,45+/m0/s1. The number of fused-ring (bicyclic) bond motifs is 2. The lowest BCUT2D eigenvalue weighted by Crippen LogP contribution is -2.42. The van der Waals surface area contributed by atoms with Crippen LogP contribution in [0.4, 0.5) is 5.69 Å². The summed E-state index contributed by atoms with van der Waals surface area (Å²) in [6.07, 6.45) is 4.44. The van der Waals surface area contributed by atoms with E-state index in [-0.39, 0.29) is 55.1 Å². The Hall–Kier alpha value is -4.72. The number of aliphatic hydroxyl groups excluding tert-OH is 3. The molecule has 0 saturated heterocycles. The van der Waals surface area contributed by atoms with E-state index < -0.39 is 18.2 Å². The fourth-order valence-electron chi connectivity index (χ4n) is 9.83. The maximum atomic E-state index is 12.4. The highest BCUT2D eigenvalue weighted by Crippen LogP contribution is 2.57. The second-order valence-corrected chi connectivity index (χ2v) is 15.9. The van der Waals surface area contributed by atoms with Crippen molar-refractivity contribution in [2.24, 2.45) is 5.92 Å². The number of phenolic OH excluding ortho intramolecular Hbond substituents is 1. The van der Waals surface area contributed by atoms with Crippen molar-refractivity contribution in [3.8, 4) is 45.6 Å². The summed E-state index contributed by atoms with van der Waals surface area (Å²) in [4.78, 5) is 0. The van der Waals surface area contributed by atoms with Crippen LogP contribution in [0.2, 0.25) is 0 Å². The van der Waals surface area contributed by atoms with Gasteiger partial charge >= 0.3 is 0 Å². The zero-order valence-corrected chi connectivity index (χ0v) is 33.7. The van der Waals surface area contributed by atoms with Crippen molar-refractivity contribution in [2.75, 3.05) is 65.7 Å². The number of rotatable bonds is 16. The van der Waals surface area contributed by atoms with Gasteiger partial charge in [0.05, 0.1) is 32.0 Å². The summed E-state index contributed by atoms with van der Waals surface area (Å²) < 4.78 is 31.1. The quantitative estimate of drug-likeness (QED) is 0.0507. The highest BCUT2D eigenvalue weighted by Gasteiger charge is 2.43. The molecule has 310 valence electrons. The summed E-state index contributed by atoms with van der Waals surface area (Å²) in [5.41, 5.74) is 7.39. The molecular weight excluding hydrogens is 739 g/mol. The summed E-state index contributed by atoms with van der Waals surface area (Å²) in [7, 11) is 3.38. The Balaban J connectivity index is 1.14. The molecule has 4 aromatic carbocycles. The van der Waals surface area contributed by atoms with Gasteiger partial charge in [0, 0.05) is 70.5 Å². The molecule has 1 fully saturated rings. The minimum Gasteiger partial charge on any atom is -0.502 e. The number of aromatic hydroxyl groups is 1. The summed E-state index contributed by atoms with van der Waals surface area (Å²) in [5.74, 6) is 1.37. The van der Waals surface area contributed by atoms with Crippen LogP contribution in [0.15, 0.2) is 54.6 Å². The molecule has 4 atom stereocenters. The molecule has 0 unspecified atom stereocenters. The molecule has 0 spiro atoms. The molecule has 12 heteroatoms. The molecule has 0 radical (unpaired) electrons. The van der Waals surface area contributed by atoms with E-state index >= 15 is 0 Å². The SMILES string of the molecule is CCNCOc1cc(OCCNC)c2c3c1[C@@H](O)Nc1cc4c(c(c1-3)CC2)[C@@H](O)[C@H](c1cc(OC)c(O)c(OC[C@H](CO)C2(c3ccccc3)CCCCC2)c1)CO4. The number of hydrogen-bond donors (Lipinski definition) is 7. The highest BCUT2D eigenvalue weighted by molar-refractivity contribution is 5.93. The Morgan fingerprint density at radius 2 is 1.67 bits per heavy atom. The Bertz CT molecular complexity index is 2090. The topological polar surface area (TPSA) is 163 Å². The molecule has 7 N–H and O–H groups in total. The van der Waals surface area contributed by atoms with Gasteiger partial charge < -0.3 is 54.7 Å². The average molecular weight is 796 g/mol. The molecule has 1 saturated carbocycles. The van der Waals surface area contributed by atoms with E-state index in [0.29, 0.717) is 59.9 Å². The third-order valence-corrected chi connectivity index (χ3v) is 12.8. The molecule has 0 bridgehead atoms. The Labute approximate surface area is 340 Å². The van der Waals surface area contributed by atoms with Gasteiger partial charge in [-0.05, 0) is 68.1 Å². The van der Waals surface area contributed by atoms with Crippen LogP contribution < -0.4 is 39.6 Å². The van der Waals surface area contributed by atoms with Gasteiger partial charge in [0.15, 0.2) is 17.7 Å². The zero-order chi connectivity index (χ0) is 40.4. The van der Waals surface area contributed by atoms with Gasteiger partial charge in [0.25, 0.3) is 0 Å². The third-order valence-electron chi connectivity index (χ3n) is 12.8. The second-order valence-electron chi connectivity index (χ2n) is 15.9. The van der Waals surface area contributed by atoms with E-state index in [4.69, 9.17) is 23.7 Å². The van der Waals surface area contributed by atoms with Crippen LogP contribution in [-0.2, 0) is 18.3 Å². The molecule has 4 aliphatic rings. The van der Waals surface area contributed by atoms with Gasteiger partial charge in [-0.1, -0.05) is 56.5 Å². The molecule has 12 nitrogen and oxygen atoms in total. The van der Waals surface area contributed by atoms with Crippen molar-refractivity contribution in [3.05, 3.63) is 88.0 Å². The average Bonchev–Trinajstić information content (AvgIpc) is 3.24. The Kier molecular flexibility index (Phi) is 11.9. The number of methoxy groups -OCH3 is 1. The minimum absolute atomic E-state index is 0.0604. The van der Waals surface area contributed by atoms with E-state index in [1.165, 1.54) is 12.7 Å². The number of phenols is 1. The largest absolute Gasteiger partial charge is 0.502 e. The summed E-state index contributed by atoms with van der Waals surface area (Å²) in [6.45, 7) is 4.41. The van der Waals surface area contributed by atoms with Crippen LogP contribution in [0.3, 0.4) is 0 Å². The van der Waals surface area contributed by atoms with E-state index in [1.54, 1.807) is 12.1 Å². The lowest BCUT2D eigenvalue weighted by atomic mass is 9.62. The number of anilines is 1. The first-order valence-electron chi connectivity index (χ1n) is 20.8. The van der Waals surface area contributed by atoms with Gasteiger partial charge in [0.1, 0.15) is 30.6 Å². The molecule has 2 heterocycles. The van der Waals surface area contributed by atoms with Crippen molar-refractivity contribution in [1.82, 2.24) is 10.6 Å². The smallest absolute Gasteiger partial charge is 0.200 e. The second kappa shape index (κ2) is 17.2. The number of hydrogen-bond acceptors (Lipinski definition) is 12. The van der Waals surface area contributed by atoms with Crippen LogP contribution in [-0.4, -0.2) is 80.8 Å². The van der Waals surface area contributed by atoms with Gasteiger partial charge in [0.2, 0.25) is 5.75 Å². The first-order chi connectivity index (χ1) is 28.3. The molecule has 0 amide bonds. The molecule has 8 rings (SSSR count). The lowest BCUT2D eigenvalue weighted by Gasteiger charge is -2.43. The summed E-state index contributed by atoms with van der Waals surface area (Å²) >= 11 is 0. The number of likely N-dealkylation sites (N-methyl/N-ethyl adjacent to an activating group) is 1. The Morgan fingerprint density at radius 1 is 0.897 bits per heavy atom. The summed E-state index contributed by atoms with van der Waals surface area (Å²) in [6, 6.07) is 17.7. The predicted molar refractivity (Wildman–Crippen MR) is 222 cm³/mol. The molecular formula is C46H57N3O9. The predicted octanol–water partition coefficient (Wildman–Crippen LogP) is 6.23. The monoisotopic (exact) mass is 795 g/mol. The van der Waals surface area contributed by atoms with E-state index in [2.05, 4.69) is 40.2 Å². The minimum atomic E-state index is -1.04. The molecule has 2 aliphatic carbocycles. The van der Waals surface area contributed by atoms with E-state index in [1.807, 2.05) is 32.2 Å². The van der Waals surface area contributed by atoms with Crippen molar-refractivity contribution in [1.29, 1.82) is 0 Å². The first kappa shape index (κ1) is 40.1. The summed E-state index contributed by atoms with van der Waals surface area (Å²) in [5, 5.41) is 55.8. The van der Waals surface area contributed by atoms with Gasteiger partial charge in [-0.15, -0.1) is 0 Å². The van der Waals surface area contributed by atoms with Crippen LogP contribution in [0.1, 0.15) is 90.7 Å². The fourth-order valence-corrected chi connectivity index (χ4v) is 9.83. The van der Waals surface area contributed by atoms with Crippen LogP contribution >= 0.6 is 0 Å². The van der Waals surface area contributed by atoms with Crippen LogP contribution in [0, 0.1) is 5.92 Å². The number of aliphatic hydroxyl groups is 3. The van der Waals surface area contributed by atoms with Gasteiger partial charge in [-0.2, -0.15) is 0 Å². The normalized spacial score (nSPS) is 20.5. The first-order valence-corrected chi connectivity index (χ1v) is 20.8. The number of ether oxygens (including phenoxy) is 5. The number of benzene rings is 4. The van der Waals surface area contributed by atoms with Crippen LogP contribution in [0.25, 0.3) is 11.1 Å². The van der Waals surface area contributed by atoms with E-state index in [0.717, 1.165) is 66.6 Å². The fraction of sp³-hybridized carbons (Fsp3) is 0.478. The molecule has 58 heavy (non-hydrogen) atoms. The zero-order valence-electron chi connectivity index (χ0n) is 33.7. The molecule has 0 aromatic heterocycles. The molecule has 2 aliphatic heterocycles. The third kappa shape index (κ3) is 7.19. The van der Waals surface area contributed by atoms with Crippen molar-refractivity contribution >= 4 is 5.69 Å². The molecule has 4 aromatic rings. The van der Waals surface area contributed by atoms with Crippen LogP contribution in [0.5, 0.6) is 34.5 Å². The van der Waals surface area contributed by atoms with Crippen molar-refractivity contribution in [3.63, 3.8) is 0 Å². The number of nitrogens with one attached hydrogen (secondary N) is 3. The van der Waals surface area contributed by atoms with Gasteiger partial charge in [-0.3, -0.25) is 5.32 Å². The maximum absolute atomic E-state index is 12.4. The maximum Gasteiger partial charge on any atom is 0.200 e. The van der Waals surface area contributed by atoms with Gasteiger partial charge in [-0.25, -0.2) is 0 Å². The highest BCUT2D eigenvalue weighted by atomic mass is 16.5.